The fourth-order valence-electron chi connectivity index (χ4n) is 8.11. The number of methoxy groups -OCH3 is 2. The number of aliphatic hydroxyl groups excluding tert-OH is 1. The zero-order valence-corrected chi connectivity index (χ0v) is 28.1. The minimum absolute atomic E-state index is 0.00300. The van der Waals surface area contributed by atoms with Crippen LogP contribution in [0.5, 0.6) is 11.5 Å². The van der Waals surface area contributed by atoms with E-state index in [4.69, 9.17) is 13.9 Å². The molecule has 4 atom stereocenters. The van der Waals surface area contributed by atoms with Gasteiger partial charge in [0.05, 0.1) is 49.2 Å². The first-order valence-electron chi connectivity index (χ1n) is 16.1. The monoisotopic (exact) mass is 671 g/mol. The fraction of sp³-hybridized carbons (Fsp3) is 0.429. The van der Waals surface area contributed by atoms with Gasteiger partial charge in [-0.3, -0.25) is 14.4 Å². The lowest BCUT2D eigenvalue weighted by Crippen LogP contribution is -2.55. The van der Waals surface area contributed by atoms with Crippen LogP contribution in [0.3, 0.4) is 0 Å². The fourth-order valence-corrected chi connectivity index (χ4v) is 8.11. The van der Waals surface area contributed by atoms with Crippen molar-refractivity contribution in [1.29, 1.82) is 0 Å². The number of fused-ring (bicyclic) bond motifs is 5. The Morgan fingerprint density at radius 2 is 1.73 bits per heavy atom. The maximum absolute atomic E-state index is 14.2. The van der Waals surface area contributed by atoms with Crippen molar-refractivity contribution in [3.05, 3.63) is 95.6 Å². The van der Waals surface area contributed by atoms with E-state index in [-0.39, 0.29) is 55.4 Å². The van der Waals surface area contributed by atoms with Crippen LogP contribution >= 0.6 is 0 Å². The number of allylic oxidation sites excluding steroid dienone is 4. The summed E-state index contributed by atoms with van der Waals surface area (Å²) in [5.74, 6) is -0.293. The summed E-state index contributed by atoms with van der Waals surface area (Å²) in [5.41, 5.74) is -0.111. The smallest absolute Gasteiger partial charge is 0.347 e. The van der Waals surface area contributed by atoms with Gasteiger partial charge in [0.15, 0.2) is 23.1 Å². The predicted molar refractivity (Wildman–Crippen MR) is 176 cm³/mol. The van der Waals surface area contributed by atoms with Crippen LogP contribution in [0.2, 0.25) is 0 Å². The van der Waals surface area contributed by atoms with Crippen LogP contribution in [-0.2, 0) is 42.8 Å². The van der Waals surface area contributed by atoms with Crippen molar-refractivity contribution < 1.29 is 28.6 Å². The number of carbonyl (C=O) groups excluding carboxylic acids is 2. The third-order valence-electron chi connectivity index (χ3n) is 10.9. The molecule has 3 aliphatic rings. The summed E-state index contributed by atoms with van der Waals surface area (Å²) in [4.78, 5) is 73.7. The van der Waals surface area contributed by atoms with E-state index in [2.05, 4.69) is 4.98 Å². The van der Waals surface area contributed by atoms with Crippen molar-refractivity contribution in [2.45, 2.75) is 65.3 Å². The Labute approximate surface area is 279 Å². The molecule has 14 heteroatoms. The van der Waals surface area contributed by atoms with E-state index in [1.165, 1.54) is 28.2 Å². The molecule has 1 aliphatic heterocycles. The van der Waals surface area contributed by atoms with E-state index < -0.39 is 34.7 Å². The highest BCUT2D eigenvalue weighted by Gasteiger charge is 2.61. The van der Waals surface area contributed by atoms with Gasteiger partial charge in [-0.2, -0.15) is 0 Å². The van der Waals surface area contributed by atoms with Gasteiger partial charge in [-0.25, -0.2) is 28.5 Å². The molecule has 2 aliphatic carbocycles. The van der Waals surface area contributed by atoms with Gasteiger partial charge in [-0.1, -0.05) is 13.0 Å². The maximum atomic E-state index is 14.2. The average Bonchev–Trinajstić information content (AvgIpc) is 3.67. The molecular weight excluding hydrogens is 634 g/mol. The van der Waals surface area contributed by atoms with Crippen molar-refractivity contribution in [2.24, 2.45) is 18.4 Å². The molecule has 1 saturated carbocycles. The molecule has 49 heavy (non-hydrogen) atoms. The molecule has 0 spiro atoms. The second kappa shape index (κ2) is 11.4. The molecule has 7 rings (SSSR count). The first-order valence-corrected chi connectivity index (χ1v) is 16.1. The Hall–Kier alpha value is -5.24. The van der Waals surface area contributed by atoms with Crippen LogP contribution in [0.1, 0.15) is 56.4 Å². The highest BCUT2D eigenvalue weighted by atomic mass is 16.5. The number of hydrogen-bond acceptors (Lipinski definition) is 10. The van der Waals surface area contributed by atoms with Crippen LogP contribution in [0, 0.1) is 11.3 Å². The van der Waals surface area contributed by atoms with E-state index in [1.807, 2.05) is 6.08 Å². The predicted octanol–water partition coefficient (Wildman–Crippen LogP) is 2.18. The molecule has 1 fully saturated rings. The summed E-state index contributed by atoms with van der Waals surface area (Å²) in [6.07, 6.45) is 1.96. The Bertz CT molecular complexity index is 2330. The van der Waals surface area contributed by atoms with Crippen molar-refractivity contribution in [1.82, 2.24) is 23.5 Å². The Kier molecular flexibility index (Phi) is 7.54. The highest BCUT2D eigenvalue weighted by Crippen LogP contribution is 2.60. The number of ether oxygens (including phenoxy) is 2. The van der Waals surface area contributed by atoms with Crippen molar-refractivity contribution in [2.75, 3.05) is 14.2 Å². The zero-order valence-electron chi connectivity index (χ0n) is 28.1. The molecule has 1 aromatic carbocycles. The minimum Gasteiger partial charge on any atom is -0.493 e. The Morgan fingerprint density at radius 3 is 2.41 bits per heavy atom. The minimum atomic E-state index is -1.21. The molecule has 3 aromatic heterocycles. The number of nitrogens with zero attached hydrogens (tertiary/aromatic N) is 5. The summed E-state index contributed by atoms with van der Waals surface area (Å²) in [5, 5.41) is 9.75. The summed E-state index contributed by atoms with van der Waals surface area (Å²) in [6.45, 7) is 4.65. The number of aryl methyl sites for hydroxylation is 2. The van der Waals surface area contributed by atoms with Crippen molar-refractivity contribution >= 4 is 22.6 Å². The maximum Gasteiger partial charge on any atom is 0.347 e. The van der Waals surface area contributed by atoms with Gasteiger partial charge in [-0.05, 0) is 49.1 Å². The zero-order chi connectivity index (χ0) is 35.1. The second-order valence-electron chi connectivity index (χ2n) is 13.1. The number of hydrogen-bond donors (Lipinski definition) is 1. The number of Topliss-reactive ketones (excluding diaryl/α,β-unsaturated/α-hetero) is 2. The van der Waals surface area contributed by atoms with Crippen LogP contribution in [-0.4, -0.2) is 54.4 Å². The van der Waals surface area contributed by atoms with Gasteiger partial charge >= 0.3 is 11.4 Å². The van der Waals surface area contributed by atoms with Crippen LogP contribution in [0.25, 0.3) is 11.0 Å². The quantitative estimate of drug-likeness (QED) is 0.288. The van der Waals surface area contributed by atoms with Crippen LogP contribution < -0.4 is 26.4 Å². The molecular formula is C35H37N5O9. The topological polar surface area (TPSA) is 170 Å². The van der Waals surface area contributed by atoms with Gasteiger partial charge in [-0.15, -0.1) is 0 Å². The lowest BCUT2D eigenvalue weighted by Gasteiger charge is -2.52. The molecule has 4 aromatic rings. The second-order valence-corrected chi connectivity index (χ2v) is 13.1. The molecule has 14 nitrogen and oxygen atoms in total. The van der Waals surface area contributed by atoms with E-state index in [0.717, 1.165) is 4.57 Å². The highest BCUT2D eigenvalue weighted by molar-refractivity contribution is 6.15. The van der Waals surface area contributed by atoms with Gasteiger partial charge in [0, 0.05) is 38.1 Å². The average molecular weight is 672 g/mol. The van der Waals surface area contributed by atoms with Gasteiger partial charge in [0.1, 0.15) is 23.8 Å². The lowest BCUT2D eigenvalue weighted by atomic mass is 9.50. The number of aliphatic hydroxyl groups is 1. The summed E-state index contributed by atoms with van der Waals surface area (Å²) in [7, 11) is 4.61. The van der Waals surface area contributed by atoms with Gasteiger partial charge in [0.25, 0.3) is 5.56 Å². The summed E-state index contributed by atoms with van der Waals surface area (Å²) in [6, 6.07) is 5.92. The number of carbonyl (C=O) groups is 2. The molecule has 0 saturated heterocycles. The molecule has 4 heterocycles. The normalized spacial score (nSPS) is 23.3. The Balaban J connectivity index is 1.30. The first kappa shape index (κ1) is 32.3. The van der Waals surface area contributed by atoms with E-state index >= 15 is 0 Å². The van der Waals surface area contributed by atoms with Crippen LogP contribution in [0.15, 0.2) is 65.9 Å². The molecule has 1 N–H and O–H groups in total. The molecule has 4 unspecified atom stereocenters. The van der Waals surface area contributed by atoms with Crippen LogP contribution in [0.4, 0.5) is 0 Å². The van der Waals surface area contributed by atoms with Gasteiger partial charge in [0.2, 0.25) is 0 Å². The molecule has 0 radical (unpaired) electrons. The molecule has 256 valence electrons. The first-order chi connectivity index (χ1) is 23.4. The van der Waals surface area contributed by atoms with Crippen molar-refractivity contribution in [3.63, 3.8) is 0 Å². The van der Waals surface area contributed by atoms with E-state index in [0.29, 0.717) is 50.8 Å². The third kappa shape index (κ3) is 4.49. The third-order valence-corrected chi connectivity index (χ3v) is 10.9. The SMILES string of the molecule is COc1cc2nc(CCn3c(=O)n4n(c3=O)C3CC5C(=O)C(C)=C(C)C(=O)C5(C)C(c5ccc(CO)o5)C3=CC4)c(=O)n(C)c2cc1OC. The summed E-state index contributed by atoms with van der Waals surface area (Å²) >= 11 is 0. The largest absolute Gasteiger partial charge is 0.493 e. The van der Waals surface area contributed by atoms with E-state index in [9.17, 15) is 29.1 Å². The standard InChI is InChI=1S/C35H37N5O9/c1-17-18(2)31(43)35(3)21(30(17)42)13-24-20(29(35)26-8-7-19(16-41)49-26)9-12-39-33(45)38(34(46)40(24)39)11-10-22-32(44)37(4)25-15-28(48-6)27(47-5)14-23(25)36-22/h7-9,14-15,21,24,29,41H,10-13,16H2,1-6H3. The Morgan fingerprint density at radius 1 is 1.02 bits per heavy atom. The van der Waals surface area contributed by atoms with E-state index in [1.54, 1.807) is 52.1 Å². The van der Waals surface area contributed by atoms with Gasteiger partial charge < -0.3 is 23.6 Å². The number of aromatic nitrogens is 5. The lowest BCUT2D eigenvalue weighted by molar-refractivity contribution is -0.140. The molecule has 0 amide bonds. The number of benzene rings is 1. The molecule has 0 bridgehead atoms. The number of rotatable bonds is 7. The van der Waals surface area contributed by atoms with Crippen molar-refractivity contribution in [3.8, 4) is 11.5 Å². The summed E-state index contributed by atoms with van der Waals surface area (Å²) < 4.78 is 22.0. The number of ketones is 2. The number of furan rings is 1.